The fourth-order valence-corrected chi connectivity index (χ4v) is 2.74. The number of hydrogen-bond donors (Lipinski definition) is 1. The first kappa shape index (κ1) is 30.7. The predicted molar refractivity (Wildman–Crippen MR) is 127 cm³/mol. The molecule has 0 aliphatic heterocycles. The number of para-hydroxylation sites is 2. The van der Waals surface area contributed by atoms with Gasteiger partial charge in [0.1, 0.15) is 0 Å². The molecule has 0 bridgehead atoms. The molecule has 2 aromatic carbocycles. The number of nitro groups is 2. The minimum absolute atomic E-state index is 0.0763. The van der Waals surface area contributed by atoms with Crippen LogP contribution < -0.4 is 10.5 Å². The van der Waals surface area contributed by atoms with Gasteiger partial charge in [-0.2, -0.15) is 9.13 Å². The fourth-order valence-electron chi connectivity index (χ4n) is 2.74. The molecular formula is C23H33FN3O7+. The van der Waals surface area contributed by atoms with E-state index in [2.05, 4.69) is 11.8 Å². The Balaban J connectivity index is 0.000000547. The number of hydrogen-bond acceptors (Lipinski definition) is 8. The summed E-state index contributed by atoms with van der Waals surface area (Å²) in [5, 5.41) is 21.2. The number of rotatable bonds is 11. The van der Waals surface area contributed by atoms with Crippen molar-refractivity contribution in [2.45, 2.75) is 32.6 Å². The van der Waals surface area contributed by atoms with E-state index in [1.54, 1.807) is 25.3 Å². The third kappa shape index (κ3) is 11.5. The van der Waals surface area contributed by atoms with E-state index in [1.165, 1.54) is 26.2 Å². The van der Waals surface area contributed by atoms with Gasteiger partial charge in [-0.15, -0.1) is 0 Å². The fraction of sp³-hybridized carbons (Fsp3) is 0.435. The zero-order chi connectivity index (χ0) is 25.9. The van der Waals surface area contributed by atoms with Crippen LogP contribution in [0.3, 0.4) is 0 Å². The molecule has 0 atom stereocenters. The molecule has 0 heterocycles. The van der Waals surface area contributed by atoms with E-state index >= 15 is 0 Å². The Morgan fingerprint density at radius 3 is 2.06 bits per heavy atom. The van der Waals surface area contributed by atoms with Crippen molar-refractivity contribution in [3.63, 3.8) is 0 Å². The number of methoxy groups -OCH3 is 2. The van der Waals surface area contributed by atoms with E-state index in [9.17, 15) is 24.6 Å². The van der Waals surface area contributed by atoms with Crippen molar-refractivity contribution in [3.8, 4) is 5.75 Å². The third-order valence-electron chi connectivity index (χ3n) is 4.39. The lowest BCUT2D eigenvalue weighted by molar-refractivity contribution is -0.388. The van der Waals surface area contributed by atoms with Crippen molar-refractivity contribution in [1.82, 2.24) is 0 Å². The highest BCUT2D eigenvalue weighted by Crippen LogP contribution is 2.31. The summed E-state index contributed by atoms with van der Waals surface area (Å²) < 4.78 is 27.1. The molecule has 0 saturated heterocycles. The van der Waals surface area contributed by atoms with Crippen molar-refractivity contribution < 1.29 is 28.4 Å². The summed E-state index contributed by atoms with van der Waals surface area (Å²) in [6, 6.07) is 9.17. The SMILES string of the molecule is COCCCCc1cccc(OC)c1[N+](=O)[O-].Cc1cccc(F)c1[N+](=O)[O-].[CH2+]OCCCN. The summed E-state index contributed by atoms with van der Waals surface area (Å²) in [5.41, 5.74) is 5.80. The van der Waals surface area contributed by atoms with Crippen LogP contribution in [0, 0.1) is 40.1 Å². The van der Waals surface area contributed by atoms with Crippen LogP contribution in [0.4, 0.5) is 15.8 Å². The van der Waals surface area contributed by atoms with E-state index in [4.69, 9.17) is 15.2 Å². The second-order valence-electron chi connectivity index (χ2n) is 6.89. The van der Waals surface area contributed by atoms with Gasteiger partial charge in [-0.3, -0.25) is 20.2 Å². The number of benzene rings is 2. The van der Waals surface area contributed by atoms with Gasteiger partial charge < -0.3 is 15.2 Å². The monoisotopic (exact) mass is 482 g/mol. The van der Waals surface area contributed by atoms with Gasteiger partial charge in [0.05, 0.1) is 23.6 Å². The highest BCUT2D eigenvalue weighted by Gasteiger charge is 2.19. The quantitative estimate of drug-likeness (QED) is 0.209. The Hall–Kier alpha value is -3.28. The van der Waals surface area contributed by atoms with Gasteiger partial charge in [-0.05, 0) is 51.3 Å². The Kier molecular flexibility index (Phi) is 16.4. The molecule has 188 valence electrons. The Morgan fingerprint density at radius 1 is 0.971 bits per heavy atom. The Bertz CT molecular complexity index is 857. The summed E-state index contributed by atoms with van der Waals surface area (Å²) >= 11 is 0. The standard InChI is InChI=1S/C12H17NO4.C7H6FNO2.C4H10NO/c1-16-9-4-3-6-10-7-5-8-11(17-2)12(10)13(14)15;1-5-3-2-4-6(8)7(5)9(10)11;1-6-4-2-3-5/h5,7-8H,3-4,6,9H2,1-2H3;2-4H,1H3;1-5H2/q;;+1. The first-order valence-corrected chi connectivity index (χ1v) is 10.5. The molecule has 0 spiro atoms. The van der Waals surface area contributed by atoms with Crippen molar-refractivity contribution in [1.29, 1.82) is 0 Å². The smallest absolute Gasteiger partial charge is 0.314 e. The number of aryl methyl sites for hydroxylation is 2. The molecule has 0 amide bonds. The lowest BCUT2D eigenvalue weighted by Gasteiger charge is -2.06. The van der Waals surface area contributed by atoms with Crippen molar-refractivity contribution in [2.75, 3.05) is 34.0 Å². The summed E-state index contributed by atoms with van der Waals surface area (Å²) in [7, 11) is 6.26. The first-order valence-electron chi connectivity index (χ1n) is 10.5. The molecule has 2 rings (SSSR count). The van der Waals surface area contributed by atoms with Crippen LogP contribution >= 0.6 is 0 Å². The van der Waals surface area contributed by atoms with Gasteiger partial charge in [0.25, 0.3) is 0 Å². The zero-order valence-corrected chi connectivity index (χ0v) is 19.8. The summed E-state index contributed by atoms with van der Waals surface area (Å²) in [5.74, 6) is -0.464. The minimum Gasteiger partial charge on any atom is -0.490 e. The molecule has 0 aliphatic rings. The number of nitrogens with zero attached hydrogens (tertiary/aromatic N) is 2. The molecule has 0 saturated carbocycles. The van der Waals surface area contributed by atoms with Crippen molar-refractivity contribution in [2.24, 2.45) is 5.73 Å². The highest BCUT2D eigenvalue weighted by atomic mass is 19.1. The molecule has 0 radical (unpaired) electrons. The van der Waals surface area contributed by atoms with Crippen LogP contribution in [0.1, 0.15) is 30.4 Å². The molecule has 34 heavy (non-hydrogen) atoms. The molecule has 0 aromatic heterocycles. The van der Waals surface area contributed by atoms with Crippen LogP contribution in [0.2, 0.25) is 0 Å². The lowest BCUT2D eigenvalue weighted by Crippen LogP contribution is -2.01. The molecule has 0 fully saturated rings. The maximum absolute atomic E-state index is 12.7. The minimum atomic E-state index is -0.782. The number of nitro benzene ring substituents is 2. The topological polar surface area (TPSA) is 140 Å². The Labute approximate surface area is 199 Å². The molecule has 2 N–H and O–H groups in total. The van der Waals surface area contributed by atoms with Gasteiger partial charge in [0.2, 0.25) is 12.9 Å². The molecule has 0 aliphatic carbocycles. The van der Waals surface area contributed by atoms with Crippen molar-refractivity contribution >= 4 is 11.4 Å². The highest BCUT2D eigenvalue weighted by molar-refractivity contribution is 5.52. The van der Waals surface area contributed by atoms with E-state index in [0.29, 0.717) is 43.1 Å². The number of halogens is 1. The van der Waals surface area contributed by atoms with Gasteiger partial charge in [-0.1, -0.05) is 24.3 Å². The van der Waals surface area contributed by atoms with Gasteiger partial charge in [-0.25, -0.2) is 0 Å². The van der Waals surface area contributed by atoms with E-state index in [-0.39, 0.29) is 10.6 Å². The molecular weight excluding hydrogens is 449 g/mol. The maximum atomic E-state index is 12.7. The second kappa shape index (κ2) is 18.2. The Morgan fingerprint density at radius 2 is 1.62 bits per heavy atom. The lowest BCUT2D eigenvalue weighted by atomic mass is 10.1. The summed E-state index contributed by atoms with van der Waals surface area (Å²) in [6.07, 6.45) is 3.33. The maximum Gasteiger partial charge on any atom is 0.314 e. The van der Waals surface area contributed by atoms with Crippen LogP contribution in [0.5, 0.6) is 5.75 Å². The summed E-state index contributed by atoms with van der Waals surface area (Å²) in [6.45, 7) is 3.55. The van der Waals surface area contributed by atoms with Gasteiger partial charge in [0, 0.05) is 24.8 Å². The van der Waals surface area contributed by atoms with Crippen LogP contribution in [-0.2, 0) is 15.9 Å². The van der Waals surface area contributed by atoms with Crippen LogP contribution in [-0.4, -0.2) is 43.8 Å². The molecule has 11 heteroatoms. The number of ether oxygens (including phenoxy) is 3. The first-order chi connectivity index (χ1) is 16.2. The van der Waals surface area contributed by atoms with Crippen LogP contribution in [0.15, 0.2) is 36.4 Å². The molecule has 0 unspecified atom stereocenters. The van der Waals surface area contributed by atoms with Crippen LogP contribution in [0.25, 0.3) is 0 Å². The molecule has 2 aromatic rings. The second-order valence-corrected chi connectivity index (χ2v) is 6.89. The number of nitrogens with two attached hydrogens (primary N) is 1. The van der Waals surface area contributed by atoms with E-state index in [0.717, 1.165) is 25.3 Å². The van der Waals surface area contributed by atoms with Gasteiger partial charge in [0.15, 0.2) is 5.75 Å². The largest absolute Gasteiger partial charge is 0.490 e. The number of unbranched alkanes of at least 4 members (excludes halogenated alkanes) is 1. The van der Waals surface area contributed by atoms with Crippen molar-refractivity contribution in [3.05, 3.63) is 80.7 Å². The normalized spacial score (nSPS) is 9.79. The predicted octanol–water partition coefficient (Wildman–Crippen LogP) is 4.76. The average molecular weight is 483 g/mol. The average Bonchev–Trinajstić information content (AvgIpc) is 2.80. The van der Waals surface area contributed by atoms with E-state index in [1.807, 2.05) is 0 Å². The third-order valence-corrected chi connectivity index (χ3v) is 4.39. The zero-order valence-electron chi connectivity index (χ0n) is 19.8. The molecule has 10 nitrogen and oxygen atoms in total. The van der Waals surface area contributed by atoms with E-state index < -0.39 is 16.4 Å². The summed E-state index contributed by atoms with van der Waals surface area (Å²) in [4.78, 5) is 20.1. The van der Waals surface area contributed by atoms with Gasteiger partial charge >= 0.3 is 11.4 Å².